The van der Waals surface area contributed by atoms with Gasteiger partial charge in [0.05, 0.1) is 6.61 Å². The summed E-state index contributed by atoms with van der Waals surface area (Å²) in [5.74, 6) is 0.241. The highest BCUT2D eigenvalue weighted by atomic mass is 16.5. The zero-order valence-electron chi connectivity index (χ0n) is 7.79. The van der Waals surface area contributed by atoms with Crippen molar-refractivity contribution < 1.29 is 9.84 Å². The first-order chi connectivity index (χ1) is 6.24. The first-order valence-electron chi connectivity index (χ1n) is 4.39. The van der Waals surface area contributed by atoms with Gasteiger partial charge in [-0.25, -0.2) is 0 Å². The molecule has 0 saturated carbocycles. The number of phenols is 1. The Morgan fingerprint density at radius 3 is 2.92 bits per heavy atom. The Morgan fingerprint density at radius 2 is 2.23 bits per heavy atom. The summed E-state index contributed by atoms with van der Waals surface area (Å²) in [6.07, 6.45) is 0.975. The number of hydrogen-bond acceptors (Lipinski definition) is 3. The standard InChI is InChI=1S/C10H15NO2/c1-2-5-13-7-8-6-9(11)3-4-10(8)12/h3-4,6,12H,2,5,7,11H2,1H3. The molecule has 72 valence electrons. The van der Waals surface area contributed by atoms with E-state index in [1.807, 2.05) is 6.92 Å². The lowest BCUT2D eigenvalue weighted by atomic mass is 10.2. The van der Waals surface area contributed by atoms with Crippen molar-refractivity contribution >= 4 is 5.69 Å². The molecule has 0 bridgehead atoms. The molecule has 0 aliphatic carbocycles. The van der Waals surface area contributed by atoms with Crippen LogP contribution in [0.5, 0.6) is 5.75 Å². The van der Waals surface area contributed by atoms with Crippen molar-refractivity contribution in [3.05, 3.63) is 23.8 Å². The van der Waals surface area contributed by atoms with Gasteiger partial charge in [-0.05, 0) is 24.6 Å². The second kappa shape index (κ2) is 4.72. The molecule has 0 atom stereocenters. The minimum atomic E-state index is 0.241. The summed E-state index contributed by atoms with van der Waals surface area (Å²) in [6.45, 7) is 3.16. The molecule has 0 unspecified atom stereocenters. The summed E-state index contributed by atoms with van der Waals surface area (Å²) in [5, 5.41) is 9.40. The Bertz CT molecular complexity index is 274. The van der Waals surface area contributed by atoms with E-state index in [0.717, 1.165) is 12.0 Å². The van der Waals surface area contributed by atoms with Gasteiger partial charge in [0.15, 0.2) is 0 Å². The van der Waals surface area contributed by atoms with Crippen LogP contribution >= 0.6 is 0 Å². The fourth-order valence-corrected chi connectivity index (χ4v) is 1.05. The van der Waals surface area contributed by atoms with Crippen LogP contribution in [0.4, 0.5) is 5.69 Å². The molecule has 0 amide bonds. The number of aromatic hydroxyl groups is 1. The molecule has 0 aliphatic heterocycles. The average molecular weight is 181 g/mol. The Hall–Kier alpha value is -1.22. The molecule has 3 nitrogen and oxygen atoms in total. The molecule has 13 heavy (non-hydrogen) atoms. The van der Waals surface area contributed by atoms with Crippen LogP contribution in [-0.4, -0.2) is 11.7 Å². The summed E-state index contributed by atoms with van der Waals surface area (Å²) in [6, 6.07) is 4.98. The van der Waals surface area contributed by atoms with Gasteiger partial charge in [0.1, 0.15) is 5.75 Å². The van der Waals surface area contributed by atoms with Gasteiger partial charge in [-0.15, -0.1) is 0 Å². The van der Waals surface area contributed by atoms with Crippen molar-refractivity contribution in [2.75, 3.05) is 12.3 Å². The van der Waals surface area contributed by atoms with Gasteiger partial charge in [0.25, 0.3) is 0 Å². The predicted molar refractivity (Wildman–Crippen MR) is 52.5 cm³/mol. The molecule has 0 saturated heterocycles. The highest BCUT2D eigenvalue weighted by Gasteiger charge is 2.00. The molecule has 0 heterocycles. The minimum Gasteiger partial charge on any atom is -0.508 e. The number of nitrogens with two attached hydrogens (primary N) is 1. The molecular formula is C10H15NO2. The normalized spacial score (nSPS) is 10.2. The van der Waals surface area contributed by atoms with Gasteiger partial charge in [0, 0.05) is 17.9 Å². The van der Waals surface area contributed by atoms with E-state index < -0.39 is 0 Å². The number of anilines is 1. The van der Waals surface area contributed by atoms with Crippen molar-refractivity contribution in [1.82, 2.24) is 0 Å². The van der Waals surface area contributed by atoms with E-state index in [1.165, 1.54) is 0 Å². The van der Waals surface area contributed by atoms with E-state index in [4.69, 9.17) is 10.5 Å². The molecule has 0 fully saturated rings. The van der Waals surface area contributed by atoms with Gasteiger partial charge in [-0.1, -0.05) is 6.92 Å². The fourth-order valence-electron chi connectivity index (χ4n) is 1.05. The Morgan fingerprint density at radius 1 is 1.46 bits per heavy atom. The van der Waals surface area contributed by atoms with E-state index in [2.05, 4.69) is 0 Å². The highest BCUT2D eigenvalue weighted by molar-refractivity contribution is 5.46. The molecule has 0 spiro atoms. The van der Waals surface area contributed by atoms with Crippen LogP contribution in [0.15, 0.2) is 18.2 Å². The maximum atomic E-state index is 9.40. The lowest BCUT2D eigenvalue weighted by molar-refractivity contribution is 0.120. The van der Waals surface area contributed by atoms with E-state index >= 15 is 0 Å². The number of rotatable bonds is 4. The SMILES string of the molecule is CCCOCc1cc(N)ccc1O. The second-order valence-electron chi connectivity index (χ2n) is 2.94. The highest BCUT2D eigenvalue weighted by Crippen LogP contribution is 2.20. The second-order valence-corrected chi connectivity index (χ2v) is 2.94. The summed E-state index contributed by atoms with van der Waals surface area (Å²) in [5.41, 5.74) is 6.96. The molecule has 1 aromatic carbocycles. The monoisotopic (exact) mass is 181 g/mol. The summed E-state index contributed by atoms with van der Waals surface area (Å²) in [7, 11) is 0. The molecule has 0 radical (unpaired) electrons. The van der Waals surface area contributed by atoms with Crippen LogP contribution in [0, 0.1) is 0 Å². The van der Waals surface area contributed by atoms with E-state index in [9.17, 15) is 5.11 Å². The van der Waals surface area contributed by atoms with Crippen LogP contribution in [0.3, 0.4) is 0 Å². The van der Waals surface area contributed by atoms with Gasteiger partial charge < -0.3 is 15.6 Å². The summed E-state index contributed by atoms with van der Waals surface area (Å²) in [4.78, 5) is 0. The molecular weight excluding hydrogens is 166 g/mol. The number of hydrogen-bond donors (Lipinski definition) is 2. The number of phenolic OH excluding ortho intramolecular Hbond substituents is 1. The minimum absolute atomic E-state index is 0.241. The quantitative estimate of drug-likeness (QED) is 0.424. The van der Waals surface area contributed by atoms with Gasteiger partial charge in [0.2, 0.25) is 0 Å². The molecule has 0 aliphatic rings. The van der Waals surface area contributed by atoms with Crippen LogP contribution < -0.4 is 5.73 Å². The molecule has 1 aromatic rings. The molecule has 0 aromatic heterocycles. The maximum Gasteiger partial charge on any atom is 0.121 e. The number of ether oxygens (including phenoxy) is 1. The number of benzene rings is 1. The topological polar surface area (TPSA) is 55.5 Å². The Kier molecular flexibility index (Phi) is 3.58. The Balaban J connectivity index is 2.59. The van der Waals surface area contributed by atoms with Gasteiger partial charge >= 0.3 is 0 Å². The maximum absolute atomic E-state index is 9.40. The molecule has 3 N–H and O–H groups in total. The first-order valence-corrected chi connectivity index (χ1v) is 4.39. The van der Waals surface area contributed by atoms with Gasteiger partial charge in [-0.3, -0.25) is 0 Å². The van der Waals surface area contributed by atoms with Gasteiger partial charge in [-0.2, -0.15) is 0 Å². The zero-order chi connectivity index (χ0) is 9.68. The van der Waals surface area contributed by atoms with Crippen molar-refractivity contribution in [2.24, 2.45) is 0 Å². The third-order valence-electron chi connectivity index (χ3n) is 1.71. The van der Waals surface area contributed by atoms with Crippen molar-refractivity contribution in [3.63, 3.8) is 0 Å². The van der Waals surface area contributed by atoms with Crippen LogP contribution in [0.1, 0.15) is 18.9 Å². The van der Waals surface area contributed by atoms with E-state index in [-0.39, 0.29) is 5.75 Å². The van der Waals surface area contributed by atoms with Crippen LogP contribution in [-0.2, 0) is 11.3 Å². The summed E-state index contributed by atoms with van der Waals surface area (Å²) >= 11 is 0. The smallest absolute Gasteiger partial charge is 0.121 e. The number of nitrogen functional groups attached to an aromatic ring is 1. The predicted octanol–water partition coefficient (Wildman–Crippen LogP) is 1.90. The zero-order valence-corrected chi connectivity index (χ0v) is 7.79. The molecule has 1 rings (SSSR count). The van der Waals surface area contributed by atoms with E-state index in [0.29, 0.717) is 18.9 Å². The fraction of sp³-hybridized carbons (Fsp3) is 0.400. The lowest BCUT2D eigenvalue weighted by Gasteiger charge is -2.05. The average Bonchev–Trinajstić information content (AvgIpc) is 2.11. The largest absolute Gasteiger partial charge is 0.508 e. The third-order valence-corrected chi connectivity index (χ3v) is 1.71. The third kappa shape index (κ3) is 2.95. The van der Waals surface area contributed by atoms with Crippen molar-refractivity contribution in [1.29, 1.82) is 0 Å². The Labute approximate surface area is 78.1 Å². The molecule has 3 heteroatoms. The summed E-state index contributed by atoms with van der Waals surface area (Å²) < 4.78 is 5.29. The van der Waals surface area contributed by atoms with Crippen LogP contribution in [0.2, 0.25) is 0 Å². The first kappa shape index (κ1) is 9.86. The van der Waals surface area contributed by atoms with Crippen molar-refractivity contribution in [3.8, 4) is 5.75 Å². The van der Waals surface area contributed by atoms with Crippen LogP contribution in [0.25, 0.3) is 0 Å². The lowest BCUT2D eigenvalue weighted by Crippen LogP contribution is -1.95. The van der Waals surface area contributed by atoms with Crippen molar-refractivity contribution in [2.45, 2.75) is 20.0 Å². The van der Waals surface area contributed by atoms with E-state index in [1.54, 1.807) is 18.2 Å².